The maximum absolute atomic E-state index is 10.3. The van der Waals surface area contributed by atoms with E-state index in [1.54, 1.807) is 13.3 Å². The lowest BCUT2D eigenvalue weighted by atomic mass is 10.0. The van der Waals surface area contributed by atoms with E-state index in [4.69, 9.17) is 4.74 Å². The number of hydrogen-bond acceptors (Lipinski definition) is 3. The molecule has 0 spiro atoms. The zero-order valence-corrected chi connectivity index (χ0v) is 9.92. The summed E-state index contributed by atoms with van der Waals surface area (Å²) < 4.78 is 5.14. The van der Waals surface area contributed by atoms with Crippen LogP contribution in [-0.4, -0.2) is 17.2 Å². The molecular formula is C14H15NO2. The van der Waals surface area contributed by atoms with Gasteiger partial charge in [0.2, 0.25) is 0 Å². The summed E-state index contributed by atoms with van der Waals surface area (Å²) in [6, 6.07) is 11.2. The minimum absolute atomic E-state index is 0.681. The topological polar surface area (TPSA) is 42.4 Å². The predicted octanol–water partition coefficient (Wildman–Crippen LogP) is 2.48. The van der Waals surface area contributed by atoms with Gasteiger partial charge in [0.25, 0.3) is 0 Å². The van der Waals surface area contributed by atoms with Crippen molar-refractivity contribution in [2.24, 2.45) is 0 Å². The second-order valence-corrected chi connectivity index (χ2v) is 3.88. The van der Waals surface area contributed by atoms with Crippen molar-refractivity contribution in [3.05, 3.63) is 59.4 Å². The van der Waals surface area contributed by atoms with E-state index >= 15 is 0 Å². The molecule has 0 aliphatic carbocycles. The van der Waals surface area contributed by atoms with E-state index in [9.17, 15) is 5.11 Å². The number of ether oxygens (including phenoxy) is 1. The number of rotatable bonds is 3. The van der Waals surface area contributed by atoms with Crippen molar-refractivity contribution in [2.45, 2.75) is 13.0 Å². The maximum atomic E-state index is 10.3. The molecule has 0 aliphatic rings. The fourth-order valence-electron chi connectivity index (χ4n) is 1.75. The largest absolute Gasteiger partial charge is 0.497 e. The summed E-state index contributed by atoms with van der Waals surface area (Å²) in [5.74, 6) is 0.732. The Morgan fingerprint density at radius 2 is 2.06 bits per heavy atom. The lowest BCUT2D eigenvalue weighted by molar-refractivity contribution is 0.214. The third-order valence-corrected chi connectivity index (χ3v) is 2.72. The molecule has 1 aromatic heterocycles. The van der Waals surface area contributed by atoms with Crippen LogP contribution in [0.25, 0.3) is 0 Å². The molecule has 0 radical (unpaired) electrons. The van der Waals surface area contributed by atoms with Crippen molar-refractivity contribution in [1.29, 1.82) is 0 Å². The number of aliphatic hydroxyl groups is 1. The van der Waals surface area contributed by atoms with Crippen molar-refractivity contribution < 1.29 is 9.84 Å². The van der Waals surface area contributed by atoms with Gasteiger partial charge in [-0.1, -0.05) is 18.2 Å². The van der Waals surface area contributed by atoms with Gasteiger partial charge >= 0.3 is 0 Å². The molecule has 0 fully saturated rings. The van der Waals surface area contributed by atoms with E-state index in [1.165, 1.54) is 0 Å². The molecule has 1 aromatic carbocycles. The minimum atomic E-state index is -0.716. The predicted molar refractivity (Wildman–Crippen MR) is 66.0 cm³/mol. The molecule has 0 saturated carbocycles. The Balaban J connectivity index is 2.37. The molecular weight excluding hydrogens is 214 g/mol. The van der Waals surface area contributed by atoms with Crippen molar-refractivity contribution in [3.63, 3.8) is 0 Å². The zero-order chi connectivity index (χ0) is 12.3. The first kappa shape index (κ1) is 11.6. The summed E-state index contributed by atoms with van der Waals surface area (Å²) in [7, 11) is 1.61. The summed E-state index contributed by atoms with van der Waals surface area (Å²) in [6.45, 7) is 1.94. The Bertz CT molecular complexity index is 511. The quantitative estimate of drug-likeness (QED) is 0.879. The van der Waals surface area contributed by atoms with Gasteiger partial charge in [-0.05, 0) is 36.2 Å². The number of methoxy groups -OCH3 is 1. The molecule has 17 heavy (non-hydrogen) atoms. The Labute approximate surface area is 101 Å². The maximum Gasteiger partial charge on any atom is 0.121 e. The summed E-state index contributed by atoms with van der Waals surface area (Å²) in [6.07, 6.45) is 0.970. The van der Waals surface area contributed by atoms with Gasteiger partial charge in [0.1, 0.15) is 11.9 Å². The van der Waals surface area contributed by atoms with Crippen molar-refractivity contribution in [2.75, 3.05) is 7.11 Å². The molecule has 1 heterocycles. The minimum Gasteiger partial charge on any atom is -0.497 e. The third kappa shape index (κ3) is 2.45. The molecule has 3 nitrogen and oxygen atoms in total. The van der Waals surface area contributed by atoms with Gasteiger partial charge in [0, 0.05) is 6.20 Å². The molecule has 2 rings (SSSR count). The highest BCUT2D eigenvalue weighted by atomic mass is 16.5. The first-order chi connectivity index (χ1) is 8.22. The van der Waals surface area contributed by atoms with E-state index in [0.717, 1.165) is 16.9 Å². The SMILES string of the molecule is COc1cccc(C(O)c2ncccc2C)c1. The molecule has 0 aliphatic heterocycles. The molecule has 1 N–H and O–H groups in total. The molecule has 0 bridgehead atoms. The molecule has 88 valence electrons. The van der Waals surface area contributed by atoms with Gasteiger partial charge < -0.3 is 9.84 Å². The van der Waals surface area contributed by atoms with Gasteiger partial charge in [-0.2, -0.15) is 0 Å². The highest BCUT2D eigenvalue weighted by molar-refractivity contribution is 5.35. The Kier molecular flexibility index (Phi) is 3.40. The Hall–Kier alpha value is -1.87. The van der Waals surface area contributed by atoms with E-state index in [0.29, 0.717) is 5.69 Å². The lowest BCUT2D eigenvalue weighted by Gasteiger charge is -2.13. The molecule has 3 heteroatoms. The molecule has 0 saturated heterocycles. The van der Waals surface area contributed by atoms with Gasteiger partial charge in [-0.25, -0.2) is 0 Å². The Morgan fingerprint density at radius 3 is 2.76 bits per heavy atom. The van der Waals surface area contributed by atoms with Gasteiger partial charge in [0.05, 0.1) is 12.8 Å². The monoisotopic (exact) mass is 229 g/mol. The number of aliphatic hydroxyl groups excluding tert-OH is 1. The second kappa shape index (κ2) is 4.97. The number of hydrogen-bond donors (Lipinski definition) is 1. The van der Waals surface area contributed by atoms with Crippen LogP contribution in [0.15, 0.2) is 42.6 Å². The third-order valence-electron chi connectivity index (χ3n) is 2.72. The number of nitrogens with zero attached hydrogens (tertiary/aromatic N) is 1. The zero-order valence-electron chi connectivity index (χ0n) is 9.92. The second-order valence-electron chi connectivity index (χ2n) is 3.88. The molecule has 1 unspecified atom stereocenters. The summed E-state index contributed by atoms with van der Waals surface area (Å²) in [5, 5.41) is 10.3. The molecule has 2 aromatic rings. The van der Waals surface area contributed by atoms with Crippen LogP contribution in [0.3, 0.4) is 0 Å². The van der Waals surface area contributed by atoms with E-state index in [-0.39, 0.29) is 0 Å². The van der Waals surface area contributed by atoms with Crippen LogP contribution < -0.4 is 4.74 Å². The van der Waals surface area contributed by atoms with Gasteiger partial charge in [-0.3, -0.25) is 4.98 Å². The first-order valence-electron chi connectivity index (χ1n) is 5.46. The summed E-state index contributed by atoms with van der Waals surface area (Å²) >= 11 is 0. The van der Waals surface area contributed by atoms with Gasteiger partial charge in [-0.15, -0.1) is 0 Å². The highest BCUT2D eigenvalue weighted by Gasteiger charge is 2.14. The van der Waals surface area contributed by atoms with Crippen molar-refractivity contribution in [3.8, 4) is 5.75 Å². The number of aromatic nitrogens is 1. The lowest BCUT2D eigenvalue weighted by Crippen LogP contribution is -2.04. The van der Waals surface area contributed by atoms with Crippen molar-refractivity contribution >= 4 is 0 Å². The highest BCUT2D eigenvalue weighted by Crippen LogP contribution is 2.25. The first-order valence-corrected chi connectivity index (χ1v) is 5.46. The number of aryl methyl sites for hydroxylation is 1. The van der Waals surface area contributed by atoms with Crippen LogP contribution >= 0.6 is 0 Å². The smallest absolute Gasteiger partial charge is 0.121 e. The summed E-state index contributed by atoms with van der Waals surface area (Å²) in [4.78, 5) is 4.22. The number of benzene rings is 1. The average molecular weight is 229 g/mol. The van der Waals surface area contributed by atoms with Crippen LogP contribution in [0, 0.1) is 6.92 Å². The van der Waals surface area contributed by atoms with Gasteiger partial charge in [0.15, 0.2) is 0 Å². The molecule has 0 amide bonds. The van der Waals surface area contributed by atoms with Crippen LogP contribution in [0.5, 0.6) is 5.75 Å². The van der Waals surface area contributed by atoms with Crippen LogP contribution in [0.1, 0.15) is 22.9 Å². The van der Waals surface area contributed by atoms with Crippen LogP contribution in [0.2, 0.25) is 0 Å². The van der Waals surface area contributed by atoms with Crippen LogP contribution in [0.4, 0.5) is 0 Å². The van der Waals surface area contributed by atoms with E-state index < -0.39 is 6.10 Å². The number of pyridine rings is 1. The standard InChI is InChI=1S/C14H15NO2/c1-10-5-4-8-15-13(10)14(16)11-6-3-7-12(9-11)17-2/h3-9,14,16H,1-2H3. The van der Waals surface area contributed by atoms with E-state index in [1.807, 2.05) is 43.3 Å². The summed E-state index contributed by atoms with van der Waals surface area (Å²) in [5.41, 5.74) is 2.44. The molecule has 1 atom stereocenters. The fourth-order valence-corrected chi connectivity index (χ4v) is 1.75. The Morgan fingerprint density at radius 1 is 1.24 bits per heavy atom. The average Bonchev–Trinajstić information content (AvgIpc) is 2.38. The van der Waals surface area contributed by atoms with Crippen LogP contribution in [-0.2, 0) is 0 Å². The van der Waals surface area contributed by atoms with Crippen molar-refractivity contribution in [1.82, 2.24) is 4.98 Å². The fraction of sp³-hybridized carbons (Fsp3) is 0.214. The normalized spacial score (nSPS) is 12.2. The van der Waals surface area contributed by atoms with E-state index in [2.05, 4.69) is 4.98 Å².